The van der Waals surface area contributed by atoms with Crippen LogP contribution >= 0.6 is 0 Å². The molecule has 0 bridgehead atoms. The van der Waals surface area contributed by atoms with Gasteiger partial charge >= 0.3 is 5.97 Å². The van der Waals surface area contributed by atoms with Crippen molar-refractivity contribution in [2.45, 2.75) is 64.1 Å². The highest BCUT2D eigenvalue weighted by Gasteiger charge is 2.32. The number of nitrogens with two attached hydrogens (primary N) is 1. The number of hydrogen-bond donors (Lipinski definition) is 3. The van der Waals surface area contributed by atoms with Crippen molar-refractivity contribution in [3.05, 3.63) is 0 Å². The van der Waals surface area contributed by atoms with Crippen molar-refractivity contribution in [3.8, 4) is 0 Å². The molecule has 20 heavy (non-hydrogen) atoms. The number of hydrogen-bond acceptors (Lipinski definition) is 5. The molecule has 1 rings (SSSR count). The van der Waals surface area contributed by atoms with E-state index in [9.17, 15) is 14.7 Å². The van der Waals surface area contributed by atoms with Gasteiger partial charge in [-0.05, 0) is 32.6 Å². The highest BCUT2D eigenvalue weighted by molar-refractivity contribution is 5.87. The lowest BCUT2D eigenvalue weighted by Crippen LogP contribution is -2.53. The van der Waals surface area contributed by atoms with E-state index in [0.717, 1.165) is 25.7 Å². The van der Waals surface area contributed by atoms with Crippen molar-refractivity contribution in [2.24, 2.45) is 11.7 Å². The molecule has 1 amide bonds. The second-order valence-corrected chi connectivity index (χ2v) is 5.40. The van der Waals surface area contributed by atoms with Gasteiger partial charge in [0.05, 0.1) is 6.61 Å². The van der Waals surface area contributed by atoms with E-state index in [4.69, 9.17) is 10.5 Å². The molecule has 1 saturated carbocycles. The first-order valence-electron chi connectivity index (χ1n) is 7.38. The molecule has 1 aliphatic carbocycles. The van der Waals surface area contributed by atoms with Crippen molar-refractivity contribution < 1.29 is 19.4 Å². The second-order valence-electron chi connectivity index (χ2n) is 5.40. The predicted molar refractivity (Wildman–Crippen MR) is 74.8 cm³/mol. The van der Waals surface area contributed by atoms with Crippen LogP contribution in [0, 0.1) is 5.92 Å². The Kier molecular flexibility index (Phi) is 6.95. The number of ether oxygens (including phenoxy) is 1. The number of amides is 1. The molecule has 0 aromatic rings. The smallest absolute Gasteiger partial charge is 0.328 e. The summed E-state index contributed by atoms with van der Waals surface area (Å²) in [5, 5.41) is 12.5. The second kappa shape index (κ2) is 8.21. The Balaban J connectivity index is 2.46. The Bertz CT molecular complexity index is 329. The largest absolute Gasteiger partial charge is 0.464 e. The van der Waals surface area contributed by atoms with E-state index < -0.39 is 30.1 Å². The molecule has 0 aliphatic heterocycles. The van der Waals surface area contributed by atoms with Crippen molar-refractivity contribution in [1.29, 1.82) is 0 Å². The summed E-state index contributed by atoms with van der Waals surface area (Å²) in [6.45, 7) is 3.47. The van der Waals surface area contributed by atoms with E-state index in [2.05, 4.69) is 5.32 Å². The van der Waals surface area contributed by atoms with E-state index in [1.807, 2.05) is 0 Å². The summed E-state index contributed by atoms with van der Waals surface area (Å²) in [7, 11) is 0. The zero-order valence-electron chi connectivity index (χ0n) is 12.3. The maximum atomic E-state index is 11.9. The number of aliphatic hydroxyl groups excluding tert-OH is 1. The van der Waals surface area contributed by atoms with Gasteiger partial charge in [-0.25, -0.2) is 4.79 Å². The maximum Gasteiger partial charge on any atom is 0.328 e. The fourth-order valence-corrected chi connectivity index (χ4v) is 2.58. The lowest BCUT2D eigenvalue weighted by atomic mass is 9.82. The molecule has 6 nitrogen and oxygen atoms in total. The van der Waals surface area contributed by atoms with E-state index in [1.165, 1.54) is 13.3 Å². The van der Waals surface area contributed by atoms with E-state index in [-0.39, 0.29) is 12.5 Å². The molecule has 3 atom stereocenters. The van der Waals surface area contributed by atoms with Crippen LogP contribution in [-0.4, -0.2) is 41.8 Å². The molecule has 0 heterocycles. The van der Waals surface area contributed by atoms with Gasteiger partial charge in [0.15, 0.2) is 0 Å². The molecule has 116 valence electrons. The van der Waals surface area contributed by atoms with Gasteiger partial charge in [0.1, 0.15) is 12.1 Å². The van der Waals surface area contributed by atoms with Crippen LogP contribution in [0.25, 0.3) is 0 Å². The third kappa shape index (κ3) is 4.76. The number of carbonyl (C=O) groups is 2. The average Bonchev–Trinajstić information content (AvgIpc) is 2.46. The van der Waals surface area contributed by atoms with Crippen LogP contribution in [0.15, 0.2) is 0 Å². The Morgan fingerprint density at radius 3 is 2.50 bits per heavy atom. The molecule has 0 aromatic heterocycles. The molecular weight excluding hydrogens is 260 g/mol. The highest BCUT2D eigenvalue weighted by Crippen LogP contribution is 2.26. The summed E-state index contributed by atoms with van der Waals surface area (Å²) in [5.41, 5.74) is 5.98. The number of aliphatic hydroxyl groups is 1. The average molecular weight is 286 g/mol. The van der Waals surface area contributed by atoms with Gasteiger partial charge in [0, 0.05) is 6.04 Å². The van der Waals surface area contributed by atoms with Crippen molar-refractivity contribution >= 4 is 11.9 Å². The standard InChI is InChI=1S/C14H26N2O4/c1-3-20-14(19)9(2)16-13(18)12(17)11(15)10-7-5-4-6-8-10/h9-12,17H,3-8,15H2,1-2H3,(H,16,18)/t9-,11+,12?/m0/s1. The van der Waals surface area contributed by atoms with Gasteiger partial charge < -0.3 is 20.9 Å². The van der Waals surface area contributed by atoms with Crippen LogP contribution in [-0.2, 0) is 14.3 Å². The molecule has 0 saturated heterocycles. The number of esters is 1. The molecule has 0 radical (unpaired) electrons. The molecule has 0 spiro atoms. The topological polar surface area (TPSA) is 102 Å². The third-order valence-corrected chi connectivity index (χ3v) is 3.83. The van der Waals surface area contributed by atoms with Crippen LogP contribution < -0.4 is 11.1 Å². The van der Waals surface area contributed by atoms with Gasteiger partial charge in [-0.1, -0.05) is 19.3 Å². The normalized spacial score (nSPS) is 20.8. The van der Waals surface area contributed by atoms with Crippen LogP contribution in [0.3, 0.4) is 0 Å². The lowest BCUT2D eigenvalue weighted by molar-refractivity contribution is -0.148. The summed E-state index contributed by atoms with van der Waals surface area (Å²) in [6, 6.07) is -1.36. The zero-order valence-corrected chi connectivity index (χ0v) is 12.3. The highest BCUT2D eigenvalue weighted by atomic mass is 16.5. The lowest BCUT2D eigenvalue weighted by Gasteiger charge is -2.30. The maximum absolute atomic E-state index is 11.9. The summed E-state index contributed by atoms with van der Waals surface area (Å²) in [5.74, 6) is -0.953. The Morgan fingerprint density at radius 1 is 1.35 bits per heavy atom. The SMILES string of the molecule is CCOC(=O)[C@H](C)NC(=O)C(O)[C@H](N)C1CCCCC1. The van der Waals surface area contributed by atoms with E-state index in [0.29, 0.717) is 0 Å². The molecule has 0 aromatic carbocycles. The van der Waals surface area contributed by atoms with Gasteiger partial charge in [0.2, 0.25) is 0 Å². The Morgan fingerprint density at radius 2 is 1.95 bits per heavy atom. The minimum atomic E-state index is -1.28. The predicted octanol–water partition coefficient (Wildman–Crippen LogP) is 0.323. The van der Waals surface area contributed by atoms with Crippen LogP contribution in [0.2, 0.25) is 0 Å². The minimum absolute atomic E-state index is 0.169. The first-order valence-corrected chi connectivity index (χ1v) is 7.38. The van der Waals surface area contributed by atoms with Gasteiger partial charge in [-0.3, -0.25) is 4.79 Å². The van der Waals surface area contributed by atoms with Crippen molar-refractivity contribution in [3.63, 3.8) is 0 Å². The van der Waals surface area contributed by atoms with Crippen LogP contribution in [0.5, 0.6) is 0 Å². The van der Waals surface area contributed by atoms with E-state index >= 15 is 0 Å². The number of rotatable bonds is 6. The Hall–Kier alpha value is -1.14. The molecule has 1 fully saturated rings. The zero-order chi connectivity index (χ0) is 15.1. The van der Waals surface area contributed by atoms with Crippen molar-refractivity contribution in [1.82, 2.24) is 5.32 Å². The summed E-state index contributed by atoms with van der Waals surface area (Å²) < 4.78 is 4.79. The molecule has 6 heteroatoms. The monoisotopic (exact) mass is 286 g/mol. The summed E-state index contributed by atoms with van der Waals surface area (Å²) in [6.07, 6.45) is 3.97. The molecule has 1 unspecified atom stereocenters. The molecular formula is C14H26N2O4. The summed E-state index contributed by atoms with van der Waals surface area (Å²) >= 11 is 0. The Labute approximate surface area is 120 Å². The van der Waals surface area contributed by atoms with Crippen LogP contribution in [0.1, 0.15) is 46.0 Å². The molecule has 1 aliphatic rings. The number of nitrogens with one attached hydrogen (secondary N) is 1. The number of carbonyl (C=O) groups excluding carboxylic acids is 2. The summed E-state index contributed by atoms with van der Waals surface area (Å²) in [4.78, 5) is 23.3. The minimum Gasteiger partial charge on any atom is -0.464 e. The van der Waals surface area contributed by atoms with Crippen molar-refractivity contribution in [2.75, 3.05) is 6.61 Å². The van der Waals surface area contributed by atoms with Gasteiger partial charge in [0.25, 0.3) is 5.91 Å². The fourth-order valence-electron chi connectivity index (χ4n) is 2.58. The van der Waals surface area contributed by atoms with Gasteiger partial charge in [-0.2, -0.15) is 0 Å². The first-order chi connectivity index (χ1) is 9.47. The fraction of sp³-hybridized carbons (Fsp3) is 0.857. The van der Waals surface area contributed by atoms with Crippen LogP contribution in [0.4, 0.5) is 0 Å². The van der Waals surface area contributed by atoms with E-state index in [1.54, 1.807) is 6.92 Å². The molecule has 4 N–H and O–H groups in total. The van der Waals surface area contributed by atoms with Gasteiger partial charge in [-0.15, -0.1) is 0 Å². The quantitative estimate of drug-likeness (QED) is 0.610. The third-order valence-electron chi connectivity index (χ3n) is 3.83. The first kappa shape index (κ1) is 16.9.